The monoisotopic (exact) mass is 178 g/mol. The van der Waals surface area contributed by atoms with Crippen molar-refractivity contribution >= 4 is 0 Å². The lowest BCUT2D eigenvalue weighted by atomic mass is 10.0. The molecule has 3 heteroatoms. The number of hydrogen-bond acceptors (Lipinski definition) is 3. The second-order valence-corrected chi connectivity index (χ2v) is 3.03. The Morgan fingerprint density at radius 3 is 1.85 bits per heavy atom. The van der Waals surface area contributed by atoms with Gasteiger partial charge in [0, 0.05) is 0 Å². The maximum Gasteiger partial charge on any atom is 0.177 e. The van der Waals surface area contributed by atoms with Crippen molar-refractivity contribution in [2.45, 2.75) is 12.5 Å². The lowest BCUT2D eigenvalue weighted by Crippen LogP contribution is -2.20. The standard InChI is InChI=1S/C10H10O3/c1-10(11,8-4-2-6-12-8)9-5-3-7-13-9/h2-7,11H,1H3. The van der Waals surface area contributed by atoms with Crippen LogP contribution in [0.5, 0.6) is 0 Å². The van der Waals surface area contributed by atoms with Crippen LogP contribution in [0.3, 0.4) is 0 Å². The first kappa shape index (κ1) is 8.13. The van der Waals surface area contributed by atoms with Crippen molar-refractivity contribution < 1.29 is 13.9 Å². The van der Waals surface area contributed by atoms with E-state index in [1.54, 1.807) is 31.2 Å². The van der Waals surface area contributed by atoms with Crippen LogP contribution in [0, 0.1) is 0 Å². The Morgan fingerprint density at radius 1 is 1.08 bits per heavy atom. The van der Waals surface area contributed by atoms with Gasteiger partial charge in [0.05, 0.1) is 12.5 Å². The molecule has 13 heavy (non-hydrogen) atoms. The van der Waals surface area contributed by atoms with Gasteiger partial charge in [-0.1, -0.05) is 0 Å². The van der Waals surface area contributed by atoms with Gasteiger partial charge in [0.2, 0.25) is 0 Å². The van der Waals surface area contributed by atoms with E-state index in [0.29, 0.717) is 11.5 Å². The molecule has 0 aliphatic carbocycles. The van der Waals surface area contributed by atoms with Crippen LogP contribution in [0.15, 0.2) is 45.6 Å². The van der Waals surface area contributed by atoms with Crippen molar-refractivity contribution in [3.8, 4) is 0 Å². The fraction of sp³-hybridized carbons (Fsp3) is 0.200. The molecule has 0 spiro atoms. The highest BCUT2D eigenvalue weighted by molar-refractivity contribution is 5.21. The van der Waals surface area contributed by atoms with Gasteiger partial charge in [-0.05, 0) is 31.2 Å². The third-order valence-electron chi connectivity index (χ3n) is 2.00. The molecule has 0 amide bonds. The molecule has 68 valence electrons. The van der Waals surface area contributed by atoms with E-state index >= 15 is 0 Å². The van der Waals surface area contributed by atoms with E-state index in [1.807, 2.05) is 0 Å². The zero-order valence-electron chi connectivity index (χ0n) is 7.23. The predicted octanol–water partition coefficient (Wildman–Crippen LogP) is 2.13. The van der Waals surface area contributed by atoms with Gasteiger partial charge >= 0.3 is 0 Å². The summed E-state index contributed by atoms with van der Waals surface area (Å²) in [6.07, 6.45) is 3.04. The molecular weight excluding hydrogens is 168 g/mol. The molecule has 0 unspecified atom stereocenters. The SMILES string of the molecule is CC(O)(c1ccco1)c1ccco1. The smallest absolute Gasteiger partial charge is 0.177 e. The largest absolute Gasteiger partial charge is 0.466 e. The van der Waals surface area contributed by atoms with Crippen molar-refractivity contribution in [1.29, 1.82) is 0 Å². The van der Waals surface area contributed by atoms with E-state index in [0.717, 1.165) is 0 Å². The molecule has 0 aliphatic heterocycles. The van der Waals surface area contributed by atoms with Gasteiger partial charge in [0.25, 0.3) is 0 Å². The number of hydrogen-bond donors (Lipinski definition) is 1. The molecule has 0 aromatic carbocycles. The molecule has 0 fully saturated rings. The van der Waals surface area contributed by atoms with Gasteiger partial charge in [-0.15, -0.1) is 0 Å². The molecule has 2 aromatic heterocycles. The van der Waals surface area contributed by atoms with Crippen LogP contribution in [0.4, 0.5) is 0 Å². The summed E-state index contributed by atoms with van der Waals surface area (Å²) in [6.45, 7) is 1.63. The molecule has 0 saturated heterocycles. The number of aliphatic hydroxyl groups is 1. The van der Waals surface area contributed by atoms with Crippen LogP contribution in [0.2, 0.25) is 0 Å². The summed E-state index contributed by atoms with van der Waals surface area (Å²) in [7, 11) is 0. The van der Waals surface area contributed by atoms with E-state index in [4.69, 9.17) is 8.83 Å². The molecule has 2 heterocycles. The lowest BCUT2D eigenvalue weighted by molar-refractivity contribution is 0.0537. The molecule has 1 N–H and O–H groups in total. The van der Waals surface area contributed by atoms with Gasteiger partial charge in [-0.2, -0.15) is 0 Å². The summed E-state index contributed by atoms with van der Waals surface area (Å²) in [5.41, 5.74) is -1.19. The van der Waals surface area contributed by atoms with Crippen LogP contribution in [-0.4, -0.2) is 5.11 Å². The topological polar surface area (TPSA) is 46.5 Å². The summed E-state index contributed by atoms with van der Waals surface area (Å²) in [5.74, 6) is 0.949. The zero-order valence-corrected chi connectivity index (χ0v) is 7.23. The predicted molar refractivity (Wildman–Crippen MR) is 46.1 cm³/mol. The Morgan fingerprint density at radius 2 is 1.54 bits per heavy atom. The fourth-order valence-corrected chi connectivity index (χ4v) is 1.23. The highest BCUT2D eigenvalue weighted by atomic mass is 16.4. The van der Waals surface area contributed by atoms with Crippen LogP contribution >= 0.6 is 0 Å². The summed E-state index contributed by atoms with van der Waals surface area (Å²) in [5, 5.41) is 10.0. The Kier molecular flexibility index (Phi) is 1.74. The maximum absolute atomic E-state index is 10.0. The van der Waals surface area contributed by atoms with E-state index in [2.05, 4.69) is 0 Å². The normalized spacial score (nSPS) is 11.8. The van der Waals surface area contributed by atoms with Crippen molar-refractivity contribution in [2.24, 2.45) is 0 Å². The Hall–Kier alpha value is -1.48. The highest BCUT2D eigenvalue weighted by Crippen LogP contribution is 2.29. The highest BCUT2D eigenvalue weighted by Gasteiger charge is 2.31. The van der Waals surface area contributed by atoms with Crippen molar-refractivity contribution in [1.82, 2.24) is 0 Å². The Balaban J connectivity index is 2.42. The average Bonchev–Trinajstić information content (AvgIpc) is 2.78. The molecule has 0 saturated carbocycles. The van der Waals surface area contributed by atoms with Crippen molar-refractivity contribution in [2.75, 3.05) is 0 Å². The Labute approximate surface area is 75.6 Å². The fourth-order valence-electron chi connectivity index (χ4n) is 1.23. The summed E-state index contributed by atoms with van der Waals surface area (Å²) >= 11 is 0. The average molecular weight is 178 g/mol. The first-order valence-electron chi connectivity index (χ1n) is 4.01. The molecule has 3 nitrogen and oxygen atoms in total. The maximum atomic E-state index is 10.0. The van der Waals surface area contributed by atoms with Crippen LogP contribution < -0.4 is 0 Å². The van der Waals surface area contributed by atoms with Gasteiger partial charge in [0.15, 0.2) is 5.60 Å². The molecule has 2 rings (SSSR count). The molecule has 0 aliphatic rings. The third-order valence-corrected chi connectivity index (χ3v) is 2.00. The van der Waals surface area contributed by atoms with Crippen molar-refractivity contribution in [3.05, 3.63) is 48.3 Å². The summed E-state index contributed by atoms with van der Waals surface area (Å²) in [6, 6.07) is 6.88. The van der Waals surface area contributed by atoms with Gasteiger partial charge in [0.1, 0.15) is 11.5 Å². The molecule has 0 atom stereocenters. The molecular formula is C10H10O3. The minimum atomic E-state index is -1.19. The molecule has 0 radical (unpaired) electrons. The van der Waals surface area contributed by atoms with Crippen LogP contribution in [0.25, 0.3) is 0 Å². The first-order valence-corrected chi connectivity index (χ1v) is 4.01. The second-order valence-electron chi connectivity index (χ2n) is 3.03. The van der Waals surface area contributed by atoms with Crippen molar-refractivity contribution in [3.63, 3.8) is 0 Å². The minimum absolute atomic E-state index is 0.474. The quantitative estimate of drug-likeness (QED) is 0.766. The number of furan rings is 2. The third kappa shape index (κ3) is 1.27. The van der Waals surface area contributed by atoms with Crippen LogP contribution in [0.1, 0.15) is 18.4 Å². The van der Waals surface area contributed by atoms with E-state index in [1.165, 1.54) is 12.5 Å². The zero-order chi connectivity index (χ0) is 9.31. The molecule has 2 aromatic rings. The van der Waals surface area contributed by atoms with Gasteiger partial charge in [-0.3, -0.25) is 0 Å². The van der Waals surface area contributed by atoms with E-state index in [9.17, 15) is 5.11 Å². The van der Waals surface area contributed by atoms with Crippen LogP contribution in [-0.2, 0) is 5.60 Å². The summed E-state index contributed by atoms with van der Waals surface area (Å²) in [4.78, 5) is 0. The Bertz CT molecular complexity index is 321. The van der Waals surface area contributed by atoms with Gasteiger partial charge in [-0.25, -0.2) is 0 Å². The summed E-state index contributed by atoms with van der Waals surface area (Å²) < 4.78 is 10.2. The van der Waals surface area contributed by atoms with Gasteiger partial charge < -0.3 is 13.9 Å². The first-order chi connectivity index (χ1) is 6.21. The second kappa shape index (κ2) is 2.78. The lowest BCUT2D eigenvalue weighted by Gasteiger charge is -2.17. The van der Waals surface area contributed by atoms with E-state index in [-0.39, 0.29) is 0 Å². The van der Waals surface area contributed by atoms with E-state index < -0.39 is 5.60 Å². The minimum Gasteiger partial charge on any atom is -0.466 e. The number of rotatable bonds is 2. The molecule has 0 bridgehead atoms.